The van der Waals surface area contributed by atoms with E-state index in [-0.39, 0.29) is 0 Å². The van der Waals surface area contributed by atoms with Gasteiger partial charge in [0.2, 0.25) is 0 Å². The molecule has 0 aliphatic carbocycles. The van der Waals surface area contributed by atoms with E-state index in [1.54, 1.807) is 30.3 Å². The number of hydrogen-bond donors (Lipinski definition) is 2. The summed E-state index contributed by atoms with van der Waals surface area (Å²) < 4.78 is 15.8. The number of amides is 2. The van der Waals surface area contributed by atoms with Gasteiger partial charge in [0.1, 0.15) is 22.9 Å². The lowest BCUT2D eigenvalue weighted by atomic mass is 10.2. The third-order valence-corrected chi connectivity index (χ3v) is 3.80. The van der Waals surface area contributed by atoms with Gasteiger partial charge in [-0.3, -0.25) is 0 Å². The molecule has 0 aliphatic heterocycles. The molecule has 128 valence electrons. The van der Waals surface area contributed by atoms with E-state index >= 15 is 0 Å². The molecule has 24 heavy (non-hydrogen) atoms. The minimum atomic E-state index is -0.460. The molecule has 0 aromatic heterocycles. The van der Waals surface area contributed by atoms with Gasteiger partial charge in [-0.05, 0) is 30.7 Å². The van der Waals surface area contributed by atoms with E-state index in [0.717, 1.165) is 5.56 Å². The highest BCUT2D eigenvalue weighted by Gasteiger charge is 2.15. The number of para-hydroxylation sites is 1. The molecule has 0 fully saturated rings. The van der Waals surface area contributed by atoms with Crippen molar-refractivity contribution in [3.8, 4) is 17.2 Å². The lowest BCUT2D eigenvalue weighted by Gasteiger charge is -2.16. The summed E-state index contributed by atoms with van der Waals surface area (Å²) in [6.07, 6.45) is 0. The molecule has 2 aromatic carbocycles. The van der Waals surface area contributed by atoms with Crippen LogP contribution < -0.4 is 24.8 Å². The lowest BCUT2D eigenvalue weighted by molar-refractivity contribution is 0.261. The zero-order valence-corrected chi connectivity index (χ0v) is 14.7. The molecule has 2 N–H and O–H groups in total. The van der Waals surface area contributed by atoms with Crippen LogP contribution in [-0.4, -0.2) is 27.4 Å². The minimum absolute atomic E-state index is 0.435. The van der Waals surface area contributed by atoms with E-state index in [0.29, 0.717) is 33.6 Å². The number of nitrogens with one attached hydrogen (secondary N) is 2. The monoisotopic (exact) mass is 350 g/mol. The summed E-state index contributed by atoms with van der Waals surface area (Å²) in [5, 5.41) is 6.02. The summed E-state index contributed by atoms with van der Waals surface area (Å²) in [7, 11) is 4.54. The van der Waals surface area contributed by atoms with Gasteiger partial charge in [-0.25, -0.2) is 4.79 Å². The fourth-order valence-corrected chi connectivity index (χ4v) is 2.32. The molecule has 0 radical (unpaired) electrons. The van der Waals surface area contributed by atoms with Crippen molar-refractivity contribution in [1.29, 1.82) is 0 Å². The predicted molar refractivity (Wildman–Crippen MR) is 94.9 cm³/mol. The van der Waals surface area contributed by atoms with Crippen LogP contribution >= 0.6 is 11.6 Å². The Bertz CT molecular complexity index is 727. The summed E-state index contributed by atoms with van der Waals surface area (Å²) in [5.41, 5.74) is 1.76. The van der Waals surface area contributed by atoms with Gasteiger partial charge in [0.15, 0.2) is 0 Å². The van der Waals surface area contributed by atoms with E-state index in [9.17, 15) is 4.79 Å². The Labute approximate surface area is 145 Å². The highest BCUT2D eigenvalue weighted by molar-refractivity contribution is 6.31. The van der Waals surface area contributed by atoms with Crippen molar-refractivity contribution in [3.63, 3.8) is 0 Å². The van der Waals surface area contributed by atoms with Gasteiger partial charge >= 0.3 is 6.03 Å². The van der Waals surface area contributed by atoms with Crippen LogP contribution in [0.1, 0.15) is 5.56 Å². The van der Waals surface area contributed by atoms with Gasteiger partial charge in [-0.15, -0.1) is 0 Å². The fraction of sp³-hybridized carbons (Fsp3) is 0.235. The largest absolute Gasteiger partial charge is 0.495 e. The van der Waals surface area contributed by atoms with Crippen LogP contribution in [0.15, 0.2) is 30.3 Å². The number of ether oxygens (including phenoxy) is 3. The summed E-state index contributed by atoms with van der Waals surface area (Å²) in [6.45, 7) is 1.84. The smallest absolute Gasteiger partial charge is 0.323 e. The van der Waals surface area contributed by atoms with Gasteiger partial charge < -0.3 is 24.8 Å². The van der Waals surface area contributed by atoms with Crippen molar-refractivity contribution in [3.05, 3.63) is 40.9 Å². The fourth-order valence-electron chi connectivity index (χ4n) is 2.17. The second-order valence-electron chi connectivity index (χ2n) is 4.92. The average Bonchev–Trinajstić information content (AvgIpc) is 2.58. The number of rotatable bonds is 5. The lowest BCUT2D eigenvalue weighted by Crippen LogP contribution is -2.20. The summed E-state index contributed by atoms with van der Waals surface area (Å²) in [6, 6.07) is 8.15. The Hall–Kier alpha value is -2.60. The maximum absolute atomic E-state index is 12.4. The molecule has 6 nitrogen and oxygen atoms in total. The molecule has 2 amide bonds. The number of aryl methyl sites for hydroxylation is 1. The summed E-state index contributed by atoms with van der Waals surface area (Å²) >= 11 is 6.07. The van der Waals surface area contributed by atoms with Crippen LogP contribution in [0.4, 0.5) is 16.2 Å². The van der Waals surface area contributed by atoms with Crippen LogP contribution in [0, 0.1) is 6.92 Å². The van der Waals surface area contributed by atoms with E-state index < -0.39 is 6.03 Å². The molecule has 0 unspecified atom stereocenters. The highest BCUT2D eigenvalue weighted by atomic mass is 35.5. The van der Waals surface area contributed by atoms with Crippen LogP contribution in [0.2, 0.25) is 5.02 Å². The van der Waals surface area contributed by atoms with Gasteiger partial charge in [0.05, 0.1) is 27.0 Å². The Morgan fingerprint density at radius 1 is 0.958 bits per heavy atom. The Morgan fingerprint density at radius 2 is 1.54 bits per heavy atom. The van der Waals surface area contributed by atoms with Crippen LogP contribution in [0.3, 0.4) is 0 Å². The first-order valence-corrected chi connectivity index (χ1v) is 7.51. The molecule has 0 saturated carbocycles. The van der Waals surface area contributed by atoms with E-state index in [1.165, 1.54) is 21.3 Å². The molecule has 2 rings (SSSR count). The molecular weight excluding hydrogens is 332 g/mol. The molecular formula is C17H19ClN2O4. The number of carbonyl (C=O) groups is 1. The van der Waals surface area contributed by atoms with E-state index in [1.807, 2.05) is 6.92 Å². The Morgan fingerprint density at radius 3 is 2.08 bits per heavy atom. The van der Waals surface area contributed by atoms with Crippen molar-refractivity contribution in [2.75, 3.05) is 32.0 Å². The zero-order chi connectivity index (χ0) is 17.7. The molecule has 0 bridgehead atoms. The minimum Gasteiger partial charge on any atom is -0.495 e. The first-order chi connectivity index (χ1) is 11.5. The van der Waals surface area contributed by atoms with Gasteiger partial charge in [-0.1, -0.05) is 17.7 Å². The molecule has 7 heteroatoms. The standard InChI is InChI=1S/C17H19ClN2O4/c1-10-8-12(15(24-4)9-11(10)18)19-17(21)20-16-13(22-2)6-5-7-14(16)23-3/h5-9H,1-4H3,(H2,19,20,21). The quantitative estimate of drug-likeness (QED) is 0.842. The Balaban J connectivity index is 2.25. The van der Waals surface area contributed by atoms with Gasteiger partial charge in [0.25, 0.3) is 0 Å². The van der Waals surface area contributed by atoms with E-state index in [4.69, 9.17) is 25.8 Å². The predicted octanol–water partition coefficient (Wildman–Crippen LogP) is 4.32. The number of benzene rings is 2. The molecule has 0 saturated heterocycles. The molecule has 0 spiro atoms. The zero-order valence-electron chi connectivity index (χ0n) is 13.9. The Kier molecular flexibility index (Phi) is 5.76. The third kappa shape index (κ3) is 3.83. The second-order valence-corrected chi connectivity index (χ2v) is 5.33. The van der Waals surface area contributed by atoms with Crippen LogP contribution in [-0.2, 0) is 0 Å². The third-order valence-electron chi connectivity index (χ3n) is 3.40. The van der Waals surface area contributed by atoms with Crippen molar-refractivity contribution in [2.45, 2.75) is 6.92 Å². The molecule has 0 heterocycles. The van der Waals surface area contributed by atoms with Crippen LogP contribution in [0.25, 0.3) is 0 Å². The number of urea groups is 1. The summed E-state index contributed by atoms with van der Waals surface area (Å²) in [4.78, 5) is 12.4. The molecule has 0 aliphatic rings. The first kappa shape index (κ1) is 17.7. The topological polar surface area (TPSA) is 68.8 Å². The number of methoxy groups -OCH3 is 3. The van der Waals surface area contributed by atoms with Crippen molar-refractivity contribution < 1.29 is 19.0 Å². The number of carbonyl (C=O) groups excluding carboxylic acids is 1. The van der Waals surface area contributed by atoms with Crippen molar-refractivity contribution >= 4 is 29.0 Å². The molecule has 0 atom stereocenters. The normalized spacial score (nSPS) is 10.0. The van der Waals surface area contributed by atoms with Crippen molar-refractivity contribution in [1.82, 2.24) is 0 Å². The van der Waals surface area contributed by atoms with Gasteiger partial charge in [0, 0.05) is 11.1 Å². The SMILES string of the molecule is COc1cc(Cl)c(C)cc1NC(=O)Nc1c(OC)cccc1OC. The number of anilines is 2. The maximum atomic E-state index is 12.4. The second kappa shape index (κ2) is 7.79. The first-order valence-electron chi connectivity index (χ1n) is 7.13. The van der Waals surface area contributed by atoms with E-state index in [2.05, 4.69) is 10.6 Å². The van der Waals surface area contributed by atoms with Crippen LogP contribution in [0.5, 0.6) is 17.2 Å². The highest BCUT2D eigenvalue weighted by Crippen LogP contribution is 2.35. The van der Waals surface area contributed by atoms with Gasteiger partial charge in [-0.2, -0.15) is 0 Å². The number of halogens is 1. The maximum Gasteiger partial charge on any atom is 0.323 e. The number of hydrogen-bond acceptors (Lipinski definition) is 4. The average molecular weight is 351 g/mol. The summed E-state index contributed by atoms with van der Waals surface area (Å²) in [5.74, 6) is 1.44. The van der Waals surface area contributed by atoms with Crippen molar-refractivity contribution in [2.24, 2.45) is 0 Å². The molecule has 2 aromatic rings.